The number of piperidine rings is 1. The van der Waals surface area contributed by atoms with E-state index in [0.29, 0.717) is 23.5 Å². The second-order valence-electron chi connectivity index (χ2n) is 10.3. The van der Waals surface area contributed by atoms with Crippen LogP contribution in [0.25, 0.3) is 12.2 Å². The average molecular weight is 529 g/mol. The standard InChI is InChI=1S/C31H40N6O2/c1-35(2)28-15-10-24(11-16-28)9-13-26-14-12-25(22-33-26)30(38)34-27-21-29(36(3)23-27)31(39)32-17-5-8-20-37-18-6-4-7-19-37/h9-16,21-23H,4-8,17-20H2,1-3H3,(H,32,39)(H,34,38)/b13-9+. The van der Waals surface area contributed by atoms with Crippen LogP contribution in [0.3, 0.4) is 0 Å². The molecule has 0 bridgehead atoms. The highest BCUT2D eigenvalue weighted by atomic mass is 16.2. The molecule has 8 nitrogen and oxygen atoms in total. The summed E-state index contributed by atoms with van der Waals surface area (Å²) in [5.74, 6) is -0.405. The molecule has 0 spiro atoms. The van der Waals surface area contributed by atoms with Crippen molar-refractivity contribution in [3.05, 3.63) is 77.4 Å². The van der Waals surface area contributed by atoms with Crippen molar-refractivity contribution < 1.29 is 9.59 Å². The molecule has 1 fully saturated rings. The molecule has 3 heterocycles. The Morgan fingerprint density at radius 3 is 2.44 bits per heavy atom. The summed E-state index contributed by atoms with van der Waals surface area (Å²) in [6.45, 7) is 4.16. The normalized spacial score (nSPS) is 13.9. The number of aryl methyl sites for hydroxylation is 1. The van der Waals surface area contributed by atoms with E-state index in [-0.39, 0.29) is 11.8 Å². The van der Waals surface area contributed by atoms with Gasteiger partial charge in [0.1, 0.15) is 5.69 Å². The van der Waals surface area contributed by atoms with E-state index in [1.54, 1.807) is 36.1 Å². The number of hydrogen-bond donors (Lipinski definition) is 2. The summed E-state index contributed by atoms with van der Waals surface area (Å²) in [6, 6.07) is 13.5. The molecule has 1 aliphatic rings. The fraction of sp³-hybridized carbons (Fsp3) is 0.387. The maximum absolute atomic E-state index is 12.8. The SMILES string of the molecule is CN(C)c1ccc(/C=C/c2ccc(C(=O)Nc3cc(C(=O)NCCCCN4CCCCC4)n(C)c3)cn2)cc1. The van der Waals surface area contributed by atoms with Gasteiger partial charge in [-0.3, -0.25) is 14.6 Å². The van der Waals surface area contributed by atoms with Crippen molar-refractivity contribution >= 4 is 35.3 Å². The zero-order valence-corrected chi connectivity index (χ0v) is 23.3. The molecule has 8 heteroatoms. The third kappa shape index (κ3) is 8.29. The van der Waals surface area contributed by atoms with Crippen LogP contribution in [0.5, 0.6) is 0 Å². The van der Waals surface area contributed by atoms with Crippen molar-refractivity contribution in [3.8, 4) is 0 Å². The van der Waals surface area contributed by atoms with Crippen molar-refractivity contribution in [1.82, 2.24) is 19.8 Å². The van der Waals surface area contributed by atoms with Crippen LogP contribution in [0.4, 0.5) is 11.4 Å². The monoisotopic (exact) mass is 528 g/mol. The van der Waals surface area contributed by atoms with Gasteiger partial charge in [0.2, 0.25) is 0 Å². The highest BCUT2D eigenvalue weighted by Gasteiger charge is 2.14. The lowest BCUT2D eigenvalue weighted by atomic mass is 10.1. The number of amides is 2. The third-order valence-corrected chi connectivity index (χ3v) is 7.04. The van der Waals surface area contributed by atoms with Gasteiger partial charge in [-0.15, -0.1) is 0 Å². The van der Waals surface area contributed by atoms with Crippen LogP contribution < -0.4 is 15.5 Å². The fourth-order valence-corrected chi connectivity index (χ4v) is 4.70. The molecule has 4 rings (SSSR count). The molecule has 3 aromatic rings. The van der Waals surface area contributed by atoms with Gasteiger partial charge < -0.3 is 25.0 Å². The van der Waals surface area contributed by atoms with E-state index >= 15 is 0 Å². The summed E-state index contributed by atoms with van der Waals surface area (Å²) in [5, 5.41) is 5.88. The van der Waals surface area contributed by atoms with Gasteiger partial charge in [-0.25, -0.2) is 0 Å². The predicted molar refractivity (Wildman–Crippen MR) is 159 cm³/mol. The number of pyridine rings is 1. The Morgan fingerprint density at radius 1 is 0.974 bits per heavy atom. The van der Waals surface area contributed by atoms with Crippen LogP contribution in [0.2, 0.25) is 0 Å². The van der Waals surface area contributed by atoms with Crippen LogP contribution in [-0.4, -0.2) is 66.5 Å². The first-order chi connectivity index (χ1) is 18.9. The second kappa shape index (κ2) is 13.8. The number of carbonyl (C=O) groups is 2. The molecule has 1 aliphatic heterocycles. The van der Waals surface area contributed by atoms with Crippen molar-refractivity contribution in [3.63, 3.8) is 0 Å². The molecule has 2 aromatic heterocycles. The van der Waals surface area contributed by atoms with Gasteiger partial charge in [0.05, 0.1) is 16.9 Å². The minimum Gasteiger partial charge on any atom is -0.378 e. The van der Waals surface area contributed by atoms with Gasteiger partial charge in [0, 0.05) is 45.8 Å². The van der Waals surface area contributed by atoms with E-state index in [1.807, 2.05) is 32.3 Å². The molecule has 206 valence electrons. The number of nitrogens with one attached hydrogen (secondary N) is 2. The zero-order valence-electron chi connectivity index (χ0n) is 23.3. The highest BCUT2D eigenvalue weighted by molar-refractivity contribution is 6.05. The third-order valence-electron chi connectivity index (χ3n) is 7.04. The number of hydrogen-bond acceptors (Lipinski definition) is 5. The van der Waals surface area contributed by atoms with Gasteiger partial charge in [-0.05, 0) is 87.3 Å². The summed E-state index contributed by atoms with van der Waals surface area (Å²) < 4.78 is 1.73. The lowest BCUT2D eigenvalue weighted by Gasteiger charge is -2.26. The van der Waals surface area contributed by atoms with E-state index in [9.17, 15) is 9.59 Å². The molecule has 0 atom stereocenters. The quantitative estimate of drug-likeness (QED) is 0.346. The molecule has 0 unspecified atom stereocenters. The van der Waals surface area contributed by atoms with Gasteiger partial charge in [0.15, 0.2) is 0 Å². The number of anilines is 2. The molecule has 0 saturated carbocycles. The fourth-order valence-electron chi connectivity index (χ4n) is 4.70. The molecule has 2 amide bonds. The molecule has 1 saturated heterocycles. The summed E-state index contributed by atoms with van der Waals surface area (Å²) in [4.78, 5) is 34.4. The Morgan fingerprint density at radius 2 is 1.74 bits per heavy atom. The predicted octanol–water partition coefficient (Wildman–Crippen LogP) is 4.90. The maximum atomic E-state index is 12.8. The average Bonchev–Trinajstić information content (AvgIpc) is 3.32. The van der Waals surface area contributed by atoms with Gasteiger partial charge in [-0.1, -0.05) is 24.6 Å². The van der Waals surface area contributed by atoms with Crippen LogP contribution >= 0.6 is 0 Å². The second-order valence-corrected chi connectivity index (χ2v) is 10.3. The van der Waals surface area contributed by atoms with Gasteiger partial charge in [-0.2, -0.15) is 0 Å². The van der Waals surface area contributed by atoms with Crippen molar-refractivity contribution in [2.75, 3.05) is 50.5 Å². The van der Waals surface area contributed by atoms with E-state index in [1.165, 1.54) is 32.4 Å². The van der Waals surface area contributed by atoms with Gasteiger partial charge >= 0.3 is 0 Å². The number of unbranched alkanes of at least 4 members (excludes halogenated alkanes) is 1. The summed E-state index contributed by atoms with van der Waals surface area (Å²) in [7, 11) is 5.83. The van der Waals surface area contributed by atoms with Gasteiger partial charge in [0.25, 0.3) is 11.8 Å². The van der Waals surface area contributed by atoms with Crippen molar-refractivity contribution in [2.45, 2.75) is 32.1 Å². The van der Waals surface area contributed by atoms with Crippen LogP contribution in [0.15, 0.2) is 54.9 Å². The van der Waals surface area contributed by atoms with Crippen LogP contribution in [0.1, 0.15) is 64.2 Å². The number of likely N-dealkylation sites (tertiary alicyclic amines) is 1. The smallest absolute Gasteiger partial charge is 0.267 e. The minimum absolute atomic E-state index is 0.134. The Labute approximate surface area is 231 Å². The molecular formula is C31H40N6O2. The summed E-state index contributed by atoms with van der Waals surface area (Å²) >= 11 is 0. The lowest BCUT2D eigenvalue weighted by Crippen LogP contribution is -2.31. The van der Waals surface area contributed by atoms with E-state index in [2.05, 4.69) is 49.7 Å². The zero-order chi connectivity index (χ0) is 27.6. The van der Waals surface area contributed by atoms with E-state index < -0.39 is 0 Å². The number of rotatable bonds is 11. The molecule has 2 N–H and O–H groups in total. The van der Waals surface area contributed by atoms with Crippen molar-refractivity contribution in [1.29, 1.82) is 0 Å². The molecule has 1 aromatic carbocycles. The molecule has 39 heavy (non-hydrogen) atoms. The van der Waals surface area contributed by atoms with E-state index in [0.717, 1.165) is 36.3 Å². The van der Waals surface area contributed by atoms with Crippen LogP contribution in [0, 0.1) is 0 Å². The topological polar surface area (TPSA) is 82.5 Å². The number of aromatic nitrogens is 2. The molecular weight excluding hydrogens is 488 g/mol. The minimum atomic E-state index is -0.271. The number of nitrogens with zero attached hydrogens (tertiary/aromatic N) is 4. The largest absolute Gasteiger partial charge is 0.378 e. The molecule has 0 radical (unpaired) electrons. The van der Waals surface area contributed by atoms with Crippen molar-refractivity contribution in [2.24, 2.45) is 7.05 Å². The Hall–Kier alpha value is -3.91. The first-order valence-corrected chi connectivity index (χ1v) is 13.8. The van der Waals surface area contributed by atoms with Crippen LogP contribution in [-0.2, 0) is 7.05 Å². The summed E-state index contributed by atoms with van der Waals surface area (Å²) in [5.41, 5.74) is 4.52. The number of carbonyl (C=O) groups excluding carboxylic acids is 2. The highest BCUT2D eigenvalue weighted by Crippen LogP contribution is 2.16. The Kier molecular flexibility index (Phi) is 9.91. The maximum Gasteiger partial charge on any atom is 0.267 e. The number of benzene rings is 1. The molecule has 0 aliphatic carbocycles. The van der Waals surface area contributed by atoms with E-state index in [4.69, 9.17) is 0 Å². The Bertz CT molecular complexity index is 1260. The first-order valence-electron chi connectivity index (χ1n) is 13.8. The Balaban J connectivity index is 1.24. The lowest BCUT2D eigenvalue weighted by molar-refractivity contribution is 0.0943. The first kappa shape index (κ1) is 28.1. The summed E-state index contributed by atoms with van der Waals surface area (Å²) in [6.07, 6.45) is 13.2.